The van der Waals surface area contributed by atoms with Crippen LogP contribution in [0.4, 0.5) is 0 Å². The molecule has 0 spiro atoms. The molecule has 4 nitrogen and oxygen atoms in total. The van der Waals surface area contributed by atoms with Crippen LogP contribution in [0.2, 0.25) is 0 Å². The van der Waals surface area contributed by atoms with Gasteiger partial charge in [-0.05, 0) is 57.0 Å². The van der Waals surface area contributed by atoms with Gasteiger partial charge in [0.15, 0.2) is 0 Å². The first kappa shape index (κ1) is 20.8. The highest BCUT2D eigenvalue weighted by Gasteiger charge is 2.19. The van der Waals surface area contributed by atoms with Crippen LogP contribution >= 0.6 is 0 Å². The number of carbonyl (C=O) groups is 1. The monoisotopic (exact) mass is 341 g/mol. The van der Waals surface area contributed by atoms with E-state index in [0.29, 0.717) is 13.1 Å². The van der Waals surface area contributed by atoms with Crippen LogP contribution in [0.25, 0.3) is 0 Å². The van der Waals surface area contributed by atoms with Gasteiger partial charge >= 0.3 is 0 Å². The van der Waals surface area contributed by atoms with Crippen LogP contribution in [0, 0.1) is 0 Å². The fraction of sp³-hybridized carbons (Fsp3) is 0.429. The van der Waals surface area contributed by atoms with Gasteiger partial charge in [0.05, 0.1) is 0 Å². The molecule has 0 radical (unpaired) electrons. The number of allylic oxidation sites excluding steroid dienone is 4. The van der Waals surface area contributed by atoms with E-state index in [1.54, 1.807) is 12.3 Å². The molecule has 0 bridgehead atoms. The molecule has 1 rings (SSSR count). The zero-order valence-electron chi connectivity index (χ0n) is 16.2. The van der Waals surface area contributed by atoms with Crippen molar-refractivity contribution in [3.8, 4) is 0 Å². The Morgan fingerprint density at radius 2 is 2.12 bits per heavy atom. The van der Waals surface area contributed by atoms with Crippen LogP contribution in [0.3, 0.4) is 0 Å². The molecule has 1 N–H and O–H groups in total. The Labute approximate surface area is 152 Å². The maximum atomic E-state index is 12.5. The van der Waals surface area contributed by atoms with E-state index >= 15 is 0 Å². The fourth-order valence-corrected chi connectivity index (χ4v) is 2.75. The van der Waals surface area contributed by atoms with E-state index in [2.05, 4.69) is 48.6 Å². The van der Waals surface area contributed by atoms with Gasteiger partial charge in [-0.2, -0.15) is 0 Å². The van der Waals surface area contributed by atoms with Crippen molar-refractivity contribution < 1.29 is 4.79 Å². The second-order valence-corrected chi connectivity index (χ2v) is 6.58. The van der Waals surface area contributed by atoms with Crippen molar-refractivity contribution in [2.45, 2.75) is 34.1 Å². The zero-order chi connectivity index (χ0) is 18.8. The van der Waals surface area contributed by atoms with Crippen LogP contribution in [0.15, 0.2) is 63.9 Å². The summed E-state index contributed by atoms with van der Waals surface area (Å²) in [5.74, 6) is 0.0106. The predicted octanol–water partition coefficient (Wildman–Crippen LogP) is 3.81. The van der Waals surface area contributed by atoms with Gasteiger partial charge in [-0.3, -0.25) is 14.7 Å². The number of amides is 1. The quantitative estimate of drug-likeness (QED) is 0.716. The van der Waals surface area contributed by atoms with E-state index in [4.69, 9.17) is 0 Å². The van der Waals surface area contributed by atoms with E-state index in [-0.39, 0.29) is 5.91 Å². The van der Waals surface area contributed by atoms with Crippen molar-refractivity contribution in [3.63, 3.8) is 0 Å². The number of rotatable bonds is 7. The van der Waals surface area contributed by atoms with Crippen molar-refractivity contribution in [2.75, 3.05) is 26.7 Å². The Kier molecular flexibility index (Phi) is 8.86. The molecule has 0 aromatic rings. The van der Waals surface area contributed by atoms with Gasteiger partial charge in [-0.1, -0.05) is 31.2 Å². The zero-order valence-corrected chi connectivity index (χ0v) is 16.2. The molecule has 1 aliphatic heterocycles. The smallest absolute Gasteiger partial charge is 0.248 e. The lowest BCUT2D eigenvalue weighted by atomic mass is 9.99. The number of hydrogen-bond acceptors (Lipinski definition) is 3. The lowest BCUT2D eigenvalue weighted by Crippen LogP contribution is -2.31. The molecule has 1 heterocycles. The van der Waals surface area contributed by atoms with E-state index < -0.39 is 0 Å². The average Bonchev–Trinajstić information content (AvgIpc) is 2.68. The minimum absolute atomic E-state index is 0.0106. The second-order valence-electron chi connectivity index (χ2n) is 6.58. The lowest BCUT2D eigenvalue weighted by molar-refractivity contribution is -0.117. The number of nitrogens with one attached hydrogen (secondary N) is 1. The van der Waals surface area contributed by atoms with E-state index in [0.717, 1.165) is 29.7 Å². The molecule has 0 atom stereocenters. The first-order chi connectivity index (χ1) is 11.9. The van der Waals surface area contributed by atoms with Crippen molar-refractivity contribution >= 4 is 12.1 Å². The molecule has 0 fully saturated rings. The van der Waals surface area contributed by atoms with Gasteiger partial charge < -0.3 is 5.32 Å². The summed E-state index contributed by atoms with van der Waals surface area (Å²) in [5.41, 5.74) is 5.53. The molecule has 0 saturated heterocycles. The van der Waals surface area contributed by atoms with Gasteiger partial charge in [-0.25, -0.2) is 0 Å². The van der Waals surface area contributed by atoms with Crippen molar-refractivity contribution in [3.05, 3.63) is 58.9 Å². The molecule has 1 amide bonds. The highest BCUT2D eigenvalue weighted by Crippen LogP contribution is 2.21. The van der Waals surface area contributed by atoms with Gasteiger partial charge in [-0.15, -0.1) is 0 Å². The summed E-state index contributed by atoms with van der Waals surface area (Å²) in [5, 5.41) is 3.03. The Bertz CT molecular complexity index is 644. The van der Waals surface area contributed by atoms with Crippen LogP contribution in [-0.4, -0.2) is 43.7 Å². The number of carbonyl (C=O) groups excluding carboxylic acids is 1. The second kappa shape index (κ2) is 10.6. The summed E-state index contributed by atoms with van der Waals surface area (Å²) in [6, 6.07) is 0. The third-order valence-electron chi connectivity index (χ3n) is 3.87. The summed E-state index contributed by atoms with van der Waals surface area (Å²) >= 11 is 0. The predicted molar refractivity (Wildman–Crippen MR) is 108 cm³/mol. The molecule has 25 heavy (non-hydrogen) atoms. The Hall–Kier alpha value is -2.20. The normalized spacial score (nSPS) is 17.8. The molecule has 0 aliphatic carbocycles. The van der Waals surface area contributed by atoms with Gasteiger partial charge in [0.25, 0.3) is 0 Å². The minimum Gasteiger partial charge on any atom is -0.348 e. The van der Waals surface area contributed by atoms with Crippen molar-refractivity contribution in [1.29, 1.82) is 0 Å². The number of nitrogens with zero attached hydrogens (tertiary/aromatic N) is 2. The third kappa shape index (κ3) is 7.06. The van der Waals surface area contributed by atoms with Crippen LogP contribution in [-0.2, 0) is 4.79 Å². The number of aliphatic imine (C=N–C) groups is 1. The Morgan fingerprint density at radius 3 is 2.72 bits per heavy atom. The first-order valence-electron chi connectivity index (χ1n) is 8.73. The Morgan fingerprint density at radius 1 is 1.40 bits per heavy atom. The number of hydrogen-bond donors (Lipinski definition) is 1. The van der Waals surface area contributed by atoms with Gasteiger partial charge in [0.2, 0.25) is 5.91 Å². The molecule has 0 unspecified atom stereocenters. The molecule has 0 aromatic heterocycles. The van der Waals surface area contributed by atoms with Crippen LogP contribution in [0.5, 0.6) is 0 Å². The molecular formula is C21H31N3O. The minimum atomic E-state index is 0.0106. The van der Waals surface area contributed by atoms with Crippen LogP contribution in [0.1, 0.15) is 34.1 Å². The average molecular weight is 341 g/mol. The molecular weight excluding hydrogens is 310 g/mol. The third-order valence-corrected chi connectivity index (χ3v) is 3.87. The highest BCUT2D eigenvalue weighted by molar-refractivity contribution is 5.95. The van der Waals surface area contributed by atoms with Crippen molar-refractivity contribution in [1.82, 2.24) is 10.2 Å². The summed E-state index contributed by atoms with van der Waals surface area (Å²) in [4.78, 5) is 18.7. The maximum Gasteiger partial charge on any atom is 0.248 e. The summed E-state index contributed by atoms with van der Waals surface area (Å²) in [7, 11) is 2.01. The van der Waals surface area contributed by atoms with Crippen molar-refractivity contribution in [2.24, 2.45) is 4.99 Å². The van der Waals surface area contributed by atoms with Gasteiger partial charge in [0.1, 0.15) is 0 Å². The molecule has 0 aromatic carbocycles. The first-order valence-corrected chi connectivity index (χ1v) is 8.73. The van der Waals surface area contributed by atoms with E-state index in [1.807, 2.05) is 26.2 Å². The lowest BCUT2D eigenvalue weighted by Gasteiger charge is -2.18. The topological polar surface area (TPSA) is 44.7 Å². The van der Waals surface area contributed by atoms with E-state index in [9.17, 15) is 4.79 Å². The largest absolute Gasteiger partial charge is 0.348 e. The standard InChI is InChI=1S/C21H31N3O/c1-7-9-18-11-19(21(25)23-13-20(18)16(3)4)15-24(6)14-17(5)12-22-10-8-2/h8-12H,2,7,13-15H2,1,3-6H3,(H,23,25)/b17-12+,18-9-,22-10?. The van der Waals surface area contributed by atoms with Gasteiger partial charge in [0, 0.05) is 37.6 Å². The summed E-state index contributed by atoms with van der Waals surface area (Å²) in [6.07, 6.45) is 10.3. The molecule has 0 saturated carbocycles. The van der Waals surface area contributed by atoms with E-state index in [1.165, 1.54) is 11.1 Å². The molecule has 1 aliphatic rings. The summed E-state index contributed by atoms with van der Waals surface area (Å²) < 4.78 is 0. The SMILES string of the molecule is C=CC=N/C=C(\C)CN(C)CC1=C/C(=C/CC)C(=C(C)C)CNC1=O. The van der Waals surface area contributed by atoms with Crippen LogP contribution < -0.4 is 5.32 Å². The fourth-order valence-electron chi connectivity index (χ4n) is 2.75. The number of likely N-dealkylation sites (N-methyl/N-ethyl adjacent to an activating group) is 1. The Balaban J connectivity index is 2.95. The summed E-state index contributed by atoms with van der Waals surface area (Å²) in [6.45, 7) is 13.9. The molecule has 136 valence electrons. The maximum absolute atomic E-state index is 12.5. The highest BCUT2D eigenvalue weighted by atomic mass is 16.1. The molecule has 4 heteroatoms.